The lowest BCUT2D eigenvalue weighted by Crippen LogP contribution is -2.60. The molecule has 1 spiro atoms. The number of rotatable bonds is 3. The molecule has 138 valence electrons. The zero-order valence-corrected chi connectivity index (χ0v) is 16.0. The molecule has 3 fully saturated rings. The lowest BCUT2D eigenvalue weighted by molar-refractivity contribution is -0.0251. The standard InChI is InChI=1S/C22H35N3/c1-24-15-17-25(18-16-24)22(19-20-5-3-2-4-6-20)9-7-21(8-10-22)11-13-23-14-12-21/h2-6,23H,7-19H2,1H3. The quantitative estimate of drug-likeness (QED) is 0.911. The van der Waals surface area contributed by atoms with Gasteiger partial charge in [-0.2, -0.15) is 0 Å². The second kappa shape index (κ2) is 7.38. The van der Waals surface area contributed by atoms with Crippen LogP contribution in [0.25, 0.3) is 0 Å². The van der Waals surface area contributed by atoms with Gasteiger partial charge in [-0.3, -0.25) is 4.90 Å². The number of piperazine rings is 1. The first-order valence-corrected chi connectivity index (χ1v) is 10.4. The molecule has 0 unspecified atom stereocenters. The summed E-state index contributed by atoms with van der Waals surface area (Å²) < 4.78 is 0. The molecule has 1 aromatic carbocycles. The average Bonchev–Trinajstić information content (AvgIpc) is 2.66. The van der Waals surface area contributed by atoms with Crippen LogP contribution in [0.4, 0.5) is 0 Å². The minimum absolute atomic E-state index is 0.402. The number of likely N-dealkylation sites (N-methyl/N-ethyl adjacent to an activating group) is 1. The van der Waals surface area contributed by atoms with E-state index in [0.29, 0.717) is 11.0 Å². The van der Waals surface area contributed by atoms with Crippen LogP contribution in [0.3, 0.4) is 0 Å². The Kier molecular flexibility index (Phi) is 5.17. The molecule has 25 heavy (non-hydrogen) atoms. The number of nitrogens with zero attached hydrogens (tertiary/aromatic N) is 2. The van der Waals surface area contributed by atoms with Crippen molar-refractivity contribution in [1.82, 2.24) is 15.1 Å². The van der Waals surface area contributed by atoms with Gasteiger partial charge in [0.05, 0.1) is 0 Å². The minimum Gasteiger partial charge on any atom is -0.317 e. The van der Waals surface area contributed by atoms with Crippen molar-refractivity contribution in [3.8, 4) is 0 Å². The SMILES string of the molecule is CN1CCN(C2(Cc3ccccc3)CCC3(CCNCC3)CC2)CC1. The fourth-order valence-corrected chi connectivity index (χ4v) is 5.56. The molecule has 1 N–H and O–H groups in total. The Morgan fingerprint density at radius 1 is 0.840 bits per heavy atom. The highest BCUT2D eigenvalue weighted by molar-refractivity contribution is 5.19. The number of hydrogen-bond acceptors (Lipinski definition) is 3. The Balaban J connectivity index is 1.52. The van der Waals surface area contributed by atoms with E-state index in [2.05, 4.69) is 52.5 Å². The van der Waals surface area contributed by atoms with Crippen molar-refractivity contribution in [3.63, 3.8) is 0 Å². The predicted molar refractivity (Wildman–Crippen MR) is 105 cm³/mol. The molecular formula is C22H35N3. The summed E-state index contributed by atoms with van der Waals surface area (Å²) in [6.07, 6.45) is 9.71. The van der Waals surface area contributed by atoms with Gasteiger partial charge in [0.2, 0.25) is 0 Å². The van der Waals surface area contributed by atoms with Gasteiger partial charge in [-0.05, 0) is 76.1 Å². The molecule has 4 rings (SSSR count). The van der Waals surface area contributed by atoms with Crippen molar-refractivity contribution in [2.75, 3.05) is 46.3 Å². The Morgan fingerprint density at radius 2 is 1.48 bits per heavy atom. The van der Waals surface area contributed by atoms with Gasteiger partial charge >= 0.3 is 0 Å². The van der Waals surface area contributed by atoms with Gasteiger partial charge in [0.1, 0.15) is 0 Å². The van der Waals surface area contributed by atoms with Crippen molar-refractivity contribution >= 4 is 0 Å². The summed E-state index contributed by atoms with van der Waals surface area (Å²) in [4.78, 5) is 5.36. The average molecular weight is 342 g/mol. The van der Waals surface area contributed by atoms with E-state index in [9.17, 15) is 0 Å². The Labute approximate surface area is 153 Å². The molecule has 1 aliphatic carbocycles. The van der Waals surface area contributed by atoms with Crippen LogP contribution in [0.5, 0.6) is 0 Å². The van der Waals surface area contributed by atoms with Gasteiger partial charge in [-0.1, -0.05) is 30.3 Å². The number of benzene rings is 1. The third kappa shape index (κ3) is 3.79. The molecule has 0 bridgehead atoms. The molecule has 0 aromatic heterocycles. The number of piperidine rings is 1. The molecule has 3 nitrogen and oxygen atoms in total. The van der Waals surface area contributed by atoms with Crippen LogP contribution in [0.1, 0.15) is 44.1 Å². The smallest absolute Gasteiger partial charge is 0.0251 e. The van der Waals surface area contributed by atoms with Crippen molar-refractivity contribution in [1.29, 1.82) is 0 Å². The normalized spacial score (nSPS) is 27.4. The maximum Gasteiger partial charge on any atom is 0.0251 e. The Hall–Kier alpha value is -0.900. The molecular weight excluding hydrogens is 306 g/mol. The first-order chi connectivity index (χ1) is 12.2. The minimum atomic E-state index is 0.402. The third-order valence-electron chi connectivity index (χ3n) is 7.46. The lowest BCUT2D eigenvalue weighted by atomic mass is 9.61. The number of hydrogen-bond donors (Lipinski definition) is 1. The molecule has 3 aliphatic rings. The molecule has 0 atom stereocenters. The van der Waals surface area contributed by atoms with Crippen LogP contribution in [0.2, 0.25) is 0 Å². The molecule has 2 aliphatic heterocycles. The fourth-order valence-electron chi connectivity index (χ4n) is 5.56. The maximum absolute atomic E-state index is 3.57. The van der Waals surface area contributed by atoms with E-state index < -0.39 is 0 Å². The monoisotopic (exact) mass is 341 g/mol. The van der Waals surface area contributed by atoms with Crippen molar-refractivity contribution in [3.05, 3.63) is 35.9 Å². The van der Waals surface area contributed by atoms with Crippen LogP contribution >= 0.6 is 0 Å². The second-order valence-corrected chi connectivity index (χ2v) is 8.93. The summed E-state index contributed by atoms with van der Waals surface area (Å²) >= 11 is 0. The Morgan fingerprint density at radius 3 is 2.12 bits per heavy atom. The van der Waals surface area contributed by atoms with Crippen LogP contribution in [0, 0.1) is 5.41 Å². The highest BCUT2D eigenvalue weighted by atomic mass is 15.3. The summed E-state index contributed by atoms with van der Waals surface area (Å²) in [5.41, 5.74) is 2.58. The van der Waals surface area contributed by atoms with Crippen molar-refractivity contribution < 1.29 is 0 Å². The molecule has 2 heterocycles. The summed E-state index contributed by atoms with van der Waals surface area (Å²) in [5, 5.41) is 3.57. The fraction of sp³-hybridized carbons (Fsp3) is 0.727. The van der Waals surface area contributed by atoms with Crippen molar-refractivity contribution in [2.24, 2.45) is 5.41 Å². The van der Waals surface area contributed by atoms with Gasteiger partial charge in [0.25, 0.3) is 0 Å². The van der Waals surface area contributed by atoms with Gasteiger partial charge in [-0.25, -0.2) is 0 Å². The summed E-state index contributed by atoms with van der Waals surface area (Å²) in [5.74, 6) is 0. The highest BCUT2D eigenvalue weighted by Crippen LogP contribution is 2.49. The number of nitrogens with one attached hydrogen (secondary N) is 1. The summed E-state index contributed by atoms with van der Waals surface area (Å²) in [6, 6.07) is 11.3. The van der Waals surface area contributed by atoms with Crippen molar-refractivity contribution in [2.45, 2.75) is 50.5 Å². The molecule has 1 aromatic rings. The summed E-state index contributed by atoms with van der Waals surface area (Å²) in [7, 11) is 2.27. The topological polar surface area (TPSA) is 18.5 Å². The van der Waals surface area contributed by atoms with E-state index in [-0.39, 0.29) is 0 Å². The molecule has 1 saturated carbocycles. The molecule has 0 radical (unpaired) electrons. The van der Waals surface area contributed by atoms with E-state index >= 15 is 0 Å². The van der Waals surface area contributed by atoms with E-state index in [1.165, 1.54) is 89.8 Å². The second-order valence-electron chi connectivity index (χ2n) is 8.93. The first-order valence-electron chi connectivity index (χ1n) is 10.4. The zero-order chi connectivity index (χ0) is 17.2. The van der Waals surface area contributed by atoms with E-state index in [1.807, 2.05) is 0 Å². The molecule has 2 saturated heterocycles. The highest BCUT2D eigenvalue weighted by Gasteiger charge is 2.46. The summed E-state index contributed by atoms with van der Waals surface area (Å²) in [6.45, 7) is 7.42. The van der Waals surface area contributed by atoms with Crippen LogP contribution in [0.15, 0.2) is 30.3 Å². The van der Waals surface area contributed by atoms with E-state index in [4.69, 9.17) is 0 Å². The van der Waals surface area contributed by atoms with Gasteiger partial charge in [0, 0.05) is 31.7 Å². The Bertz CT molecular complexity index is 532. The molecule has 3 heteroatoms. The largest absolute Gasteiger partial charge is 0.317 e. The van der Waals surface area contributed by atoms with E-state index in [0.717, 1.165) is 0 Å². The van der Waals surface area contributed by atoms with Gasteiger partial charge in [-0.15, -0.1) is 0 Å². The third-order valence-corrected chi connectivity index (χ3v) is 7.46. The first kappa shape index (κ1) is 17.5. The molecule has 0 amide bonds. The van der Waals surface area contributed by atoms with Gasteiger partial charge in [0.15, 0.2) is 0 Å². The van der Waals surface area contributed by atoms with Crippen LogP contribution < -0.4 is 5.32 Å². The van der Waals surface area contributed by atoms with E-state index in [1.54, 1.807) is 0 Å². The van der Waals surface area contributed by atoms with Crippen LogP contribution in [-0.2, 0) is 6.42 Å². The predicted octanol–water partition coefficient (Wildman–Crippen LogP) is 3.16. The lowest BCUT2D eigenvalue weighted by Gasteiger charge is -2.54. The maximum atomic E-state index is 3.57. The van der Waals surface area contributed by atoms with Crippen LogP contribution in [-0.4, -0.2) is 61.7 Å². The van der Waals surface area contributed by atoms with Gasteiger partial charge < -0.3 is 10.2 Å². The zero-order valence-electron chi connectivity index (χ0n) is 16.0.